The molecule has 0 radical (unpaired) electrons. The Hall–Kier alpha value is -5.08. The quantitative estimate of drug-likeness (QED) is 0.190. The van der Waals surface area contributed by atoms with Gasteiger partial charge in [-0.15, -0.1) is 0 Å². The molecule has 0 unspecified atom stereocenters. The van der Waals surface area contributed by atoms with Gasteiger partial charge in [0.25, 0.3) is 0 Å². The summed E-state index contributed by atoms with van der Waals surface area (Å²) in [6.45, 7) is 0. The molecule has 1 spiro atoms. The third-order valence-corrected chi connectivity index (χ3v) is 12.8. The normalized spacial score (nSPS) is 24.8. The first-order valence-electron chi connectivity index (χ1n) is 18.0. The molecule has 1 heterocycles. The van der Waals surface area contributed by atoms with Crippen molar-refractivity contribution in [1.29, 1.82) is 0 Å². The van der Waals surface area contributed by atoms with Crippen molar-refractivity contribution in [1.82, 2.24) is 4.57 Å². The van der Waals surface area contributed by atoms with Crippen molar-refractivity contribution in [2.45, 2.75) is 37.5 Å². The molecule has 0 N–H and O–H groups in total. The Morgan fingerprint density at radius 3 is 1.69 bits per heavy atom. The van der Waals surface area contributed by atoms with Gasteiger partial charge >= 0.3 is 0 Å². The van der Waals surface area contributed by atoms with Gasteiger partial charge in [-0.3, -0.25) is 0 Å². The van der Waals surface area contributed by atoms with Gasteiger partial charge in [0.1, 0.15) is 0 Å². The Kier molecular flexibility index (Phi) is 5.59. The smallest absolute Gasteiger partial charge is 0.0541 e. The fraction of sp³-hybridized carbons (Fsp3) is 0.217. The predicted octanol–water partition coefficient (Wildman–Crippen LogP) is 12.0. The average Bonchev–Trinajstić information content (AvgIpc) is 3.62. The van der Waals surface area contributed by atoms with Gasteiger partial charge in [0.2, 0.25) is 0 Å². The van der Waals surface area contributed by atoms with Crippen LogP contribution in [0.5, 0.6) is 0 Å². The van der Waals surface area contributed by atoms with E-state index >= 15 is 0 Å². The molecule has 0 aliphatic heterocycles. The second kappa shape index (κ2) is 9.97. The fourth-order valence-electron chi connectivity index (χ4n) is 11.3. The second-order valence-corrected chi connectivity index (χ2v) is 15.0. The van der Waals surface area contributed by atoms with Gasteiger partial charge in [-0.05, 0) is 139 Å². The molecule has 4 fully saturated rings. The van der Waals surface area contributed by atoms with E-state index in [2.05, 4.69) is 155 Å². The lowest BCUT2D eigenvalue weighted by Gasteiger charge is -2.61. The molecular formula is C46H38N2. The summed E-state index contributed by atoms with van der Waals surface area (Å²) in [5.74, 6) is 3.46. The van der Waals surface area contributed by atoms with Crippen molar-refractivity contribution in [3.05, 3.63) is 157 Å². The Bertz CT molecular complexity index is 2280. The monoisotopic (exact) mass is 618 g/mol. The number of para-hydroxylation sites is 3. The highest BCUT2D eigenvalue weighted by atomic mass is 15.1. The summed E-state index contributed by atoms with van der Waals surface area (Å²) in [7, 11) is 0. The number of rotatable bonds is 4. The molecule has 48 heavy (non-hydrogen) atoms. The van der Waals surface area contributed by atoms with E-state index in [1.807, 2.05) is 0 Å². The number of aromatic nitrogens is 1. The molecule has 0 atom stereocenters. The van der Waals surface area contributed by atoms with Gasteiger partial charge in [0, 0.05) is 38.9 Å². The summed E-state index contributed by atoms with van der Waals surface area (Å²) in [6, 6.07) is 54.5. The zero-order chi connectivity index (χ0) is 31.4. The Morgan fingerprint density at radius 1 is 0.458 bits per heavy atom. The second-order valence-electron chi connectivity index (χ2n) is 15.0. The van der Waals surface area contributed by atoms with Gasteiger partial charge in [-0.25, -0.2) is 0 Å². The summed E-state index contributed by atoms with van der Waals surface area (Å²) in [5, 5.41) is 2.58. The maximum absolute atomic E-state index is 2.54. The lowest BCUT2D eigenvalue weighted by Crippen LogP contribution is -2.55. The molecule has 2 nitrogen and oxygen atoms in total. The van der Waals surface area contributed by atoms with Crippen LogP contribution in [-0.2, 0) is 5.41 Å². The maximum atomic E-state index is 2.54. The van der Waals surface area contributed by atoms with Crippen LogP contribution in [-0.4, -0.2) is 4.57 Å². The first-order valence-corrected chi connectivity index (χ1v) is 18.0. The average molecular weight is 619 g/mol. The number of benzene rings is 6. The van der Waals surface area contributed by atoms with E-state index in [-0.39, 0.29) is 5.41 Å². The van der Waals surface area contributed by atoms with E-state index in [9.17, 15) is 0 Å². The molecule has 4 saturated carbocycles. The third-order valence-electron chi connectivity index (χ3n) is 12.8. The van der Waals surface area contributed by atoms with Crippen LogP contribution < -0.4 is 4.90 Å². The molecule has 12 rings (SSSR count). The van der Waals surface area contributed by atoms with Crippen LogP contribution in [0, 0.1) is 23.7 Å². The Morgan fingerprint density at radius 2 is 1.00 bits per heavy atom. The SMILES string of the molecule is c1ccc(N(c2ccc(-n3c4ccccc4c4ccccc43)cc2)c2ccc3c(c2)-c2ccccc2C32C3CC4CC(C3)CC2C4)cc1. The number of nitrogens with zero attached hydrogens (tertiary/aromatic N) is 2. The van der Waals surface area contributed by atoms with Gasteiger partial charge in [-0.1, -0.05) is 84.9 Å². The Labute approximate surface area is 282 Å². The molecule has 5 aliphatic carbocycles. The minimum Gasteiger partial charge on any atom is -0.310 e. The van der Waals surface area contributed by atoms with E-state index in [4.69, 9.17) is 0 Å². The number of hydrogen-bond acceptors (Lipinski definition) is 1. The molecule has 6 aromatic carbocycles. The lowest BCUT2D eigenvalue weighted by molar-refractivity contribution is -0.0399. The zero-order valence-corrected chi connectivity index (χ0v) is 27.1. The minimum atomic E-state index is 0.194. The van der Waals surface area contributed by atoms with Crippen molar-refractivity contribution in [3.63, 3.8) is 0 Å². The standard InChI is InChI=1S/C46H38N2/c1-2-10-34(11-3-1)47(35-18-20-36(21-19-35)48-44-16-8-5-13-39(44)40-14-6-9-17-45(40)48)37-22-23-43-41(29-37)38-12-4-7-15-42(38)46(43)32-25-30-24-31(27-32)28-33(46)26-30/h1-23,29-33H,24-28H2. The van der Waals surface area contributed by atoms with Crippen LogP contribution in [0.4, 0.5) is 17.1 Å². The number of hydrogen-bond donors (Lipinski definition) is 0. The van der Waals surface area contributed by atoms with Crippen molar-refractivity contribution < 1.29 is 0 Å². The summed E-state index contributed by atoms with van der Waals surface area (Å²) in [6.07, 6.45) is 7.14. The van der Waals surface area contributed by atoms with E-state index in [0.29, 0.717) is 0 Å². The largest absolute Gasteiger partial charge is 0.310 e. The van der Waals surface area contributed by atoms with Crippen LogP contribution in [0.3, 0.4) is 0 Å². The van der Waals surface area contributed by atoms with Crippen LogP contribution in [0.25, 0.3) is 38.6 Å². The van der Waals surface area contributed by atoms with Gasteiger partial charge in [0.15, 0.2) is 0 Å². The van der Waals surface area contributed by atoms with E-state index in [0.717, 1.165) is 23.7 Å². The van der Waals surface area contributed by atoms with E-state index in [1.165, 1.54) is 87.8 Å². The molecule has 2 heteroatoms. The molecule has 232 valence electrons. The summed E-state index contributed by atoms with van der Waals surface area (Å²) in [4.78, 5) is 2.44. The molecule has 0 saturated heterocycles. The van der Waals surface area contributed by atoms with Crippen molar-refractivity contribution >= 4 is 38.9 Å². The topological polar surface area (TPSA) is 8.17 Å². The fourth-order valence-corrected chi connectivity index (χ4v) is 11.3. The first kappa shape index (κ1) is 26.9. The minimum absolute atomic E-state index is 0.194. The molecule has 7 aromatic rings. The highest BCUT2D eigenvalue weighted by molar-refractivity contribution is 6.09. The molecule has 0 amide bonds. The third kappa shape index (κ3) is 3.58. The van der Waals surface area contributed by atoms with Crippen molar-refractivity contribution in [3.8, 4) is 16.8 Å². The van der Waals surface area contributed by atoms with Crippen LogP contribution in [0.15, 0.2) is 146 Å². The molecule has 4 bridgehead atoms. The number of anilines is 3. The first-order chi connectivity index (χ1) is 23.8. The lowest BCUT2D eigenvalue weighted by atomic mass is 9.43. The summed E-state index contributed by atoms with van der Waals surface area (Å²) < 4.78 is 2.40. The number of fused-ring (bicyclic) bond motifs is 6. The van der Waals surface area contributed by atoms with Crippen molar-refractivity contribution in [2.75, 3.05) is 4.90 Å². The molecular weight excluding hydrogens is 581 g/mol. The molecule has 5 aliphatic rings. The maximum Gasteiger partial charge on any atom is 0.0541 e. The van der Waals surface area contributed by atoms with Gasteiger partial charge < -0.3 is 9.47 Å². The highest BCUT2D eigenvalue weighted by Crippen LogP contribution is 2.69. The van der Waals surface area contributed by atoms with Gasteiger partial charge in [0.05, 0.1) is 11.0 Å². The molecule has 1 aromatic heterocycles. The summed E-state index contributed by atoms with van der Waals surface area (Å²) in [5.41, 5.74) is 13.6. The van der Waals surface area contributed by atoms with E-state index in [1.54, 1.807) is 11.1 Å². The van der Waals surface area contributed by atoms with Crippen LogP contribution in [0.2, 0.25) is 0 Å². The van der Waals surface area contributed by atoms with Crippen LogP contribution >= 0.6 is 0 Å². The Balaban J connectivity index is 1.06. The van der Waals surface area contributed by atoms with E-state index < -0.39 is 0 Å². The van der Waals surface area contributed by atoms with Crippen LogP contribution in [0.1, 0.15) is 43.2 Å². The van der Waals surface area contributed by atoms with Gasteiger partial charge in [-0.2, -0.15) is 0 Å². The zero-order valence-electron chi connectivity index (χ0n) is 27.1. The predicted molar refractivity (Wildman–Crippen MR) is 199 cm³/mol. The highest BCUT2D eigenvalue weighted by Gasteiger charge is 2.61. The van der Waals surface area contributed by atoms with Crippen molar-refractivity contribution in [2.24, 2.45) is 23.7 Å². The summed E-state index contributed by atoms with van der Waals surface area (Å²) >= 11 is 0.